The second-order valence-electron chi connectivity index (χ2n) is 3.11. The summed E-state index contributed by atoms with van der Waals surface area (Å²) in [5.41, 5.74) is 0. The van der Waals surface area contributed by atoms with Crippen molar-refractivity contribution in [3.8, 4) is 0 Å². The molecule has 0 saturated heterocycles. The fourth-order valence-electron chi connectivity index (χ4n) is 1.46. The van der Waals surface area contributed by atoms with Crippen molar-refractivity contribution in [1.29, 1.82) is 0 Å². The normalized spacial score (nSPS) is 28.8. The van der Waals surface area contributed by atoms with Gasteiger partial charge in [-0.05, 0) is 25.5 Å². The van der Waals surface area contributed by atoms with Crippen LogP contribution in [-0.2, 0) is 4.79 Å². The molecule has 1 amide bonds. The summed E-state index contributed by atoms with van der Waals surface area (Å²) in [4.78, 5) is 11.1. The van der Waals surface area contributed by atoms with Gasteiger partial charge in [0.2, 0.25) is 5.91 Å². The Labute approximate surface area is 76.3 Å². The molecule has 1 aliphatic rings. The molecule has 1 fully saturated rings. The van der Waals surface area contributed by atoms with Crippen LogP contribution in [0.5, 0.6) is 0 Å². The van der Waals surface area contributed by atoms with Gasteiger partial charge in [0.05, 0.1) is 5.75 Å². The van der Waals surface area contributed by atoms with Crippen LogP contribution in [0.1, 0.15) is 19.3 Å². The number of carbonyl (C=O) groups is 1. The van der Waals surface area contributed by atoms with Crippen molar-refractivity contribution in [2.75, 3.05) is 12.0 Å². The van der Waals surface area contributed by atoms with Crippen LogP contribution >= 0.6 is 11.8 Å². The summed E-state index contributed by atoms with van der Waals surface area (Å²) in [6, 6.07) is 0.0830. The molecule has 2 atom stereocenters. The summed E-state index contributed by atoms with van der Waals surface area (Å²) in [6.45, 7) is 0. The van der Waals surface area contributed by atoms with Gasteiger partial charge in [-0.15, -0.1) is 0 Å². The van der Waals surface area contributed by atoms with E-state index in [1.54, 1.807) is 0 Å². The molecule has 0 aromatic heterocycles. The van der Waals surface area contributed by atoms with Crippen LogP contribution in [0.4, 0.5) is 4.39 Å². The molecular formula is C8H14FNOS. The van der Waals surface area contributed by atoms with Gasteiger partial charge in [0.25, 0.3) is 0 Å². The highest BCUT2D eigenvalue weighted by atomic mass is 32.2. The van der Waals surface area contributed by atoms with Crippen LogP contribution in [0.3, 0.4) is 0 Å². The standard InChI is InChI=1S/C8H14FNOS/c1-12-5-8(11)10-7-3-2-6(9)4-7/h6-7H,2-5H2,1H3,(H,10,11). The van der Waals surface area contributed by atoms with E-state index in [2.05, 4.69) is 5.32 Å². The zero-order valence-corrected chi connectivity index (χ0v) is 7.99. The lowest BCUT2D eigenvalue weighted by Crippen LogP contribution is -2.34. The summed E-state index contributed by atoms with van der Waals surface area (Å²) in [5.74, 6) is 0.509. The molecule has 1 N–H and O–H groups in total. The van der Waals surface area contributed by atoms with Crippen molar-refractivity contribution in [2.45, 2.75) is 31.5 Å². The first-order chi connectivity index (χ1) is 5.72. The van der Waals surface area contributed by atoms with E-state index in [1.165, 1.54) is 11.8 Å². The molecule has 2 unspecified atom stereocenters. The summed E-state index contributed by atoms with van der Waals surface area (Å²) in [5, 5.41) is 2.81. The number of rotatable bonds is 3. The van der Waals surface area contributed by atoms with Gasteiger partial charge in [0.15, 0.2) is 0 Å². The van der Waals surface area contributed by atoms with Crippen LogP contribution in [0, 0.1) is 0 Å². The number of thioether (sulfide) groups is 1. The first-order valence-corrected chi connectivity index (χ1v) is 5.54. The fraction of sp³-hybridized carbons (Fsp3) is 0.875. The lowest BCUT2D eigenvalue weighted by Gasteiger charge is -2.10. The topological polar surface area (TPSA) is 29.1 Å². The SMILES string of the molecule is CSCC(=O)NC1CCC(F)C1. The maximum absolute atomic E-state index is 12.7. The lowest BCUT2D eigenvalue weighted by molar-refractivity contribution is -0.119. The minimum atomic E-state index is -0.704. The zero-order chi connectivity index (χ0) is 8.97. The summed E-state index contributed by atoms with van der Waals surface area (Å²) >= 11 is 1.49. The molecule has 0 bridgehead atoms. The van der Waals surface area contributed by atoms with Crippen LogP contribution in [0.2, 0.25) is 0 Å². The first-order valence-electron chi connectivity index (χ1n) is 4.14. The Morgan fingerprint density at radius 2 is 2.42 bits per heavy atom. The fourth-order valence-corrected chi connectivity index (χ4v) is 1.80. The molecule has 70 valence electrons. The van der Waals surface area contributed by atoms with E-state index in [1.807, 2.05) is 6.26 Å². The molecule has 0 spiro atoms. The molecular weight excluding hydrogens is 177 g/mol. The monoisotopic (exact) mass is 191 g/mol. The Hall–Kier alpha value is -0.250. The molecule has 2 nitrogen and oxygen atoms in total. The van der Waals surface area contributed by atoms with Crippen molar-refractivity contribution in [1.82, 2.24) is 5.32 Å². The second-order valence-corrected chi connectivity index (χ2v) is 3.97. The Morgan fingerprint density at radius 1 is 1.67 bits per heavy atom. The molecule has 1 aliphatic carbocycles. The number of carbonyl (C=O) groups excluding carboxylic acids is 1. The van der Waals surface area contributed by atoms with Gasteiger partial charge in [-0.3, -0.25) is 4.79 Å². The Bertz CT molecular complexity index is 165. The Morgan fingerprint density at radius 3 is 2.92 bits per heavy atom. The van der Waals surface area contributed by atoms with Gasteiger partial charge in [0.1, 0.15) is 6.17 Å². The predicted octanol–water partition coefficient (Wildman–Crippen LogP) is 1.36. The smallest absolute Gasteiger partial charge is 0.230 e. The maximum atomic E-state index is 12.7. The van der Waals surface area contributed by atoms with Gasteiger partial charge in [-0.2, -0.15) is 11.8 Å². The zero-order valence-electron chi connectivity index (χ0n) is 7.18. The van der Waals surface area contributed by atoms with E-state index >= 15 is 0 Å². The Balaban J connectivity index is 2.18. The third-order valence-electron chi connectivity index (χ3n) is 2.01. The average molecular weight is 191 g/mol. The van der Waals surface area contributed by atoms with E-state index in [4.69, 9.17) is 0 Å². The maximum Gasteiger partial charge on any atom is 0.230 e. The van der Waals surface area contributed by atoms with Crippen molar-refractivity contribution in [3.05, 3.63) is 0 Å². The highest BCUT2D eigenvalue weighted by Crippen LogP contribution is 2.21. The minimum absolute atomic E-state index is 0.0293. The van der Waals surface area contributed by atoms with E-state index in [-0.39, 0.29) is 11.9 Å². The van der Waals surface area contributed by atoms with Crippen molar-refractivity contribution >= 4 is 17.7 Å². The molecule has 12 heavy (non-hydrogen) atoms. The molecule has 0 aromatic carbocycles. The van der Waals surface area contributed by atoms with Crippen LogP contribution < -0.4 is 5.32 Å². The molecule has 1 rings (SSSR count). The van der Waals surface area contributed by atoms with Crippen molar-refractivity contribution in [2.24, 2.45) is 0 Å². The van der Waals surface area contributed by atoms with E-state index < -0.39 is 6.17 Å². The van der Waals surface area contributed by atoms with E-state index in [9.17, 15) is 9.18 Å². The predicted molar refractivity (Wildman–Crippen MR) is 49.1 cm³/mol. The summed E-state index contributed by atoms with van der Waals surface area (Å²) < 4.78 is 12.7. The van der Waals surface area contributed by atoms with Crippen LogP contribution in [0.25, 0.3) is 0 Å². The second kappa shape index (κ2) is 4.70. The van der Waals surface area contributed by atoms with Gasteiger partial charge < -0.3 is 5.32 Å². The van der Waals surface area contributed by atoms with Crippen LogP contribution in [-0.4, -0.2) is 30.1 Å². The molecule has 0 heterocycles. The number of amides is 1. The molecule has 1 saturated carbocycles. The average Bonchev–Trinajstić information content (AvgIpc) is 2.36. The minimum Gasteiger partial charge on any atom is -0.353 e. The lowest BCUT2D eigenvalue weighted by atomic mass is 10.2. The van der Waals surface area contributed by atoms with E-state index in [0.29, 0.717) is 18.6 Å². The number of hydrogen-bond donors (Lipinski definition) is 1. The number of nitrogens with one attached hydrogen (secondary N) is 1. The largest absolute Gasteiger partial charge is 0.353 e. The highest BCUT2D eigenvalue weighted by Gasteiger charge is 2.24. The highest BCUT2D eigenvalue weighted by molar-refractivity contribution is 7.99. The van der Waals surface area contributed by atoms with Crippen molar-refractivity contribution < 1.29 is 9.18 Å². The quantitative estimate of drug-likeness (QED) is 0.729. The van der Waals surface area contributed by atoms with Gasteiger partial charge in [-0.25, -0.2) is 4.39 Å². The number of halogens is 1. The van der Waals surface area contributed by atoms with Crippen molar-refractivity contribution in [3.63, 3.8) is 0 Å². The molecule has 4 heteroatoms. The number of hydrogen-bond acceptors (Lipinski definition) is 2. The van der Waals surface area contributed by atoms with Gasteiger partial charge in [-0.1, -0.05) is 0 Å². The van der Waals surface area contributed by atoms with E-state index in [0.717, 1.165) is 6.42 Å². The number of alkyl halides is 1. The summed E-state index contributed by atoms with van der Waals surface area (Å²) in [6.07, 6.45) is 3.07. The first kappa shape index (κ1) is 9.84. The molecule has 0 radical (unpaired) electrons. The Kier molecular flexibility index (Phi) is 3.85. The van der Waals surface area contributed by atoms with Gasteiger partial charge >= 0.3 is 0 Å². The molecule has 0 aliphatic heterocycles. The summed E-state index contributed by atoms with van der Waals surface area (Å²) in [7, 11) is 0. The third-order valence-corrected chi connectivity index (χ3v) is 2.56. The van der Waals surface area contributed by atoms with Crippen LogP contribution in [0.15, 0.2) is 0 Å². The van der Waals surface area contributed by atoms with Gasteiger partial charge in [0, 0.05) is 6.04 Å². The third kappa shape index (κ3) is 3.01. The molecule has 0 aromatic rings.